The van der Waals surface area contributed by atoms with Crippen molar-refractivity contribution in [2.75, 3.05) is 6.61 Å². The fourth-order valence-electron chi connectivity index (χ4n) is 0.875. The highest BCUT2D eigenvalue weighted by atomic mass is 32.1. The number of rotatable bonds is 4. The van der Waals surface area contributed by atoms with Gasteiger partial charge in [-0.05, 0) is 12.1 Å². The Kier molecular flexibility index (Phi) is 3.52. The topological polar surface area (TPSA) is 88.6 Å². The number of hydrogen-bond donors (Lipinski definition) is 1. The number of hydrogen-bond acceptors (Lipinski definition) is 6. The Hall–Kier alpha value is -1.50. The first-order chi connectivity index (χ1) is 6.69. The fourth-order valence-corrected chi connectivity index (χ4v) is 1.47. The normalized spacial score (nSPS) is 12.1. The first-order valence-corrected chi connectivity index (χ1v) is 4.73. The van der Waals surface area contributed by atoms with E-state index in [9.17, 15) is 14.5 Å². The molecule has 14 heavy (non-hydrogen) atoms. The van der Waals surface area contributed by atoms with Crippen LogP contribution in [0.4, 0.5) is 0 Å². The second kappa shape index (κ2) is 4.66. The van der Waals surface area contributed by atoms with Crippen LogP contribution in [0.15, 0.2) is 15.4 Å². The fraction of sp³-hybridized carbons (Fsp3) is 0.429. The van der Waals surface area contributed by atoms with Crippen molar-refractivity contribution in [1.29, 1.82) is 0 Å². The van der Waals surface area contributed by atoms with Crippen LogP contribution in [0.2, 0.25) is 0 Å². The molecule has 0 fully saturated rings. The van der Waals surface area contributed by atoms with Crippen molar-refractivity contribution in [2.45, 2.75) is 13.0 Å². The summed E-state index contributed by atoms with van der Waals surface area (Å²) in [5.74, 6) is -0.753. The Morgan fingerprint density at radius 1 is 1.79 bits per heavy atom. The molecule has 0 spiro atoms. The zero-order chi connectivity index (χ0) is 10.6. The standard InChI is InChI=1S/C7H8N2O4S/c1-2-13-6(10)5(9-12)4-3-14-7(11)8-4/h3,5H,2H2,1H3,(H,8,11). The van der Waals surface area contributed by atoms with Gasteiger partial charge in [-0.3, -0.25) is 4.79 Å². The molecule has 0 aliphatic rings. The maximum Gasteiger partial charge on any atom is 0.340 e. The molecule has 1 heterocycles. The van der Waals surface area contributed by atoms with Crippen molar-refractivity contribution in [3.63, 3.8) is 0 Å². The molecule has 0 aliphatic heterocycles. The van der Waals surface area contributed by atoms with Crippen LogP contribution >= 0.6 is 11.3 Å². The zero-order valence-electron chi connectivity index (χ0n) is 7.35. The van der Waals surface area contributed by atoms with E-state index in [-0.39, 0.29) is 17.2 Å². The third-order valence-corrected chi connectivity index (χ3v) is 2.14. The quantitative estimate of drug-likeness (QED) is 0.595. The van der Waals surface area contributed by atoms with Crippen molar-refractivity contribution in [2.24, 2.45) is 5.18 Å². The Morgan fingerprint density at radius 2 is 2.50 bits per heavy atom. The summed E-state index contributed by atoms with van der Waals surface area (Å²) in [5.41, 5.74) is 0.174. The van der Waals surface area contributed by atoms with Crippen molar-refractivity contribution < 1.29 is 9.53 Å². The number of nitrogens with zero attached hydrogens (tertiary/aromatic N) is 1. The molecule has 7 heteroatoms. The van der Waals surface area contributed by atoms with Gasteiger partial charge in [-0.15, -0.1) is 4.91 Å². The van der Waals surface area contributed by atoms with Gasteiger partial charge in [0.2, 0.25) is 6.04 Å². The van der Waals surface area contributed by atoms with Gasteiger partial charge < -0.3 is 9.72 Å². The lowest BCUT2D eigenvalue weighted by molar-refractivity contribution is -0.144. The summed E-state index contributed by atoms with van der Waals surface area (Å²) in [5, 5.41) is 3.98. The number of carbonyl (C=O) groups excluding carboxylic acids is 1. The maximum atomic E-state index is 11.2. The zero-order valence-corrected chi connectivity index (χ0v) is 8.17. The highest BCUT2D eigenvalue weighted by molar-refractivity contribution is 7.07. The molecule has 1 rings (SSSR count). The van der Waals surface area contributed by atoms with Gasteiger partial charge in [-0.25, -0.2) is 4.79 Å². The molecule has 0 aliphatic carbocycles. The molecule has 1 unspecified atom stereocenters. The number of ether oxygens (including phenoxy) is 1. The van der Waals surface area contributed by atoms with Gasteiger partial charge in [0, 0.05) is 5.38 Å². The molecule has 0 radical (unpaired) electrons. The molecule has 1 aromatic rings. The van der Waals surface area contributed by atoms with Gasteiger partial charge in [0.15, 0.2) is 0 Å². The molecule has 6 nitrogen and oxygen atoms in total. The van der Waals surface area contributed by atoms with Gasteiger partial charge in [0.1, 0.15) is 0 Å². The van der Waals surface area contributed by atoms with Crippen molar-refractivity contribution in [3.05, 3.63) is 25.6 Å². The minimum atomic E-state index is -1.27. The third kappa shape index (κ3) is 2.25. The number of esters is 1. The molecule has 0 saturated carbocycles. The van der Waals surface area contributed by atoms with Crippen molar-refractivity contribution >= 4 is 17.3 Å². The Morgan fingerprint density at radius 3 is 2.93 bits per heavy atom. The van der Waals surface area contributed by atoms with Gasteiger partial charge in [-0.2, -0.15) is 0 Å². The largest absolute Gasteiger partial charge is 0.464 e. The van der Waals surface area contributed by atoms with Crippen LogP contribution in [0.25, 0.3) is 0 Å². The molecule has 1 atom stereocenters. The third-order valence-electron chi connectivity index (χ3n) is 1.45. The van der Waals surface area contributed by atoms with Gasteiger partial charge in [0.25, 0.3) is 0 Å². The van der Waals surface area contributed by atoms with Gasteiger partial charge >= 0.3 is 10.8 Å². The van der Waals surface area contributed by atoms with E-state index in [2.05, 4.69) is 14.9 Å². The molecule has 1 N–H and O–H groups in total. The van der Waals surface area contributed by atoms with Crippen LogP contribution in [0.1, 0.15) is 18.7 Å². The van der Waals surface area contributed by atoms with E-state index in [0.717, 1.165) is 11.3 Å². The number of H-pyrrole nitrogens is 1. The molecule has 0 saturated heterocycles. The maximum absolute atomic E-state index is 11.2. The number of thiazole rings is 1. The monoisotopic (exact) mass is 216 g/mol. The second-order valence-electron chi connectivity index (χ2n) is 2.36. The van der Waals surface area contributed by atoms with E-state index in [1.54, 1.807) is 6.92 Å². The molecule has 0 aromatic carbocycles. The van der Waals surface area contributed by atoms with Crippen molar-refractivity contribution in [3.8, 4) is 0 Å². The van der Waals surface area contributed by atoms with Gasteiger partial charge in [-0.1, -0.05) is 11.3 Å². The summed E-state index contributed by atoms with van der Waals surface area (Å²) < 4.78 is 4.61. The minimum Gasteiger partial charge on any atom is -0.464 e. The first kappa shape index (κ1) is 10.6. The SMILES string of the molecule is CCOC(=O)C(N=O)c1csc(=O)[nH]1. The molecular formula is C7H8N2O4S. The van der Waals surface area contributed by atoms with E-state index in [4.69, 9.17) is 0 Å². The summed E-state index contributed by atoms with van der Waals surface area (Å²) in [4.78, 5) is 34.3. The number of aromatic nitrogens is 1. The minimum absolute atomic E-state index is 0.166. The number of nitrogens with one attached hydrogen (secondary N) is 1. The van der Waals surface area contributed by atoms with Crippen LogP contribution in [0, 0.1) is 4.91 Å². The molecule has 0 amide bonds. The molecule has 0 bridgehead atoms. The van der Waals surface area contributed by atoms with Crippen molar-refractivity contribution in [1.82, 2.24) is 4.98 Å². The summed E-state index contributed by atoms with van der Waals surface area (Å²) in [6, 6.07) is -1.27. The second-order valence-corrected chi connectivity index (χ2v) is 3.21. The Bertz CT molecular complexity index is 383. The van der Waals surface area contributed by atoms with Crippen LogP contribution < -0.4 is 4.87 Å². The highest BCUT2D eigenvalue weighted by Crippen LogP contribution is 2.16. The number of nitroso groups, excluding NO2 is 1. The van der Waals surface area contributed by atoms with Crippen LogP contribution in [0.5, 0.6) is 0 Å². The summed E-state index contributed by atoms with van der Waals surface area (Å²) >= 11 is 0.866. The van der Waals surface area contributed by atoms with E-state index in [1.807, 2.05) is 0 Å². The lowest BCUT2D eigenvalue weighted by Crippen LogP contribution is -2.15. The summed E-state index contributed by atoms with van der Waals surface area (Å²) in [6.45, 7) is 1.79. The van der Waals surface area contributed by atoms with E-state index in [1.165, 1.54) is 5.38 Å². The molecule has 76 valence electrons. The Balaban J connectivity index is 2.87. The lowest BCUT2D eigenvalue weighted by Gasteiger charge is -2.04. The average molecular weight is 216 g/mol. The van der Waals surface area contributed by atoms with Gasteiger partial charge in [0.05, 0.1) is 12.3 Å². The van der Waals surface area contributed by atoms with E-state index >= 15 is 0 Å². The molecular weight excluding hydrogens is 208 g/mol. The average Bonchev–Trinajstić information content (AvgIpc) is 2.54. The smallest absolute Gasteiger partial charge is 0.340 e. The lowest BCUT2D eigenvalue weighted by atomic mass is 10.2. The predicted octanol–water partition coefficient (Wildman–Crippen LogP) is 0.807. The van der Waals surface area contributed by atoms with Crippen LogP contribution in [-0.2, 0) is 9.53 Å². The van der Waals surface area contributed by atoms with E-state index < -0.39 is 12.0 Å². The van der Waals surface area contributed by atoms with Crippen LogP contribution in [0.3, 0.4) is 0 Å². The van der Waals surface area contributed by atoms with Crippen LogP contribution in [-0.4, -0.2) is 17.6 Å². The molecule has 1 aromatic heterocycles. The summed E-state index contributed by atoms with van der Waals surface area (Å²) in [6.07, 6.45) is 0. The highest BCUT2D eigenvalue weighted by Gasteiger charge is 2.24. The predicted molar refractivity (Wildman–Crippen MR) is 50.1 cm³/mol. The summed E-state index contributed by atoms with van der Waals surface area (Å²) in [7, 11) is 0. The van der Waals surface area contributed by atoms with E-state index in [0.29, 0.717) is 0 Å². The number of aromatic amines is 1. The number of carbonyl (C=O) groups is 1. The first-order valence-electron chi connectivity index (χ1n) is 3.85. The Labute approximate surface area is 82.9 Å².